The van der Waals surface area contributed by atoms with Gasteiger partial charge in [0.2, 0.25) is 0 Å². The summed E-state index contributed by atoms with van der Waals surface area (Å²) in [7, 11) is 0. The predicted molar refractivity (Wildman–Crippen MR) is 156 cm³/mol. The number of ether oxygens (including phenoxy) is 4. The number of esters is 2. The molecule has 0 amide bonds. The second-order valence-corrected chi connectivity index (χ2v) is 8.54. The van der Waals surface area contributed by atoms with Crippen molar-refractivity contribution in [3.8, 4) is 44.9 Å². The fourth-order valence-electron chi connectivity index (χ4n) is 4.19. The Labute approximate surface area is 234 Å². The van der Waals surface area contributed by atoms with E-state index in [0.29, 0.717) is 11.5 Å². The van der Waals surface area contributed by atoms with E-state index in [2.05, 4.69) is 13.2 Å². The average molecular weight is 535 g/mol. The molecule has 0 aliphatic heterocycles. The lowest BCUT2D eigenvalue weighted by atomic mass is 9.93. The number of hydrogen-bond donors (Lipinski definition) is 0. The van der Waals surface area contributed by atoms with E-state index in [4.69, 9.17) is 18.9 Å². The predicted octanol–water partition coefficient (Wildman–Crippen LogP) is 6.90. The summed E-state index contributed by atoms with van der Waals surface area (Å²) >= 11 is 0. The maximum atomic E-state index is 11.6. The molecule has 4 rings (SSSR count). The first kappa shape index (κ1) is 27.9. The van der Waals surface area contributed by atoms with E-state index in [-0.39, 0.29) is 26.4 Å². The second-order valence-electron chi connectivity index (χ2n) is 8.54. The van der Waals surface area contributed by atoms with E-state index in [0.717, 1.165) is 45.5 Å². The number of carbonyl (C=O) groups is 2. The molecule has 0 unspecified atom stereocenters. The smallest absolute Gasteiger partial charge is 0.330 e. The summed E-state index contributed by atoms with van der Waals surface area (Å²) in [6.45, 7) is 7.28. The molecule has 0 saturated carbocycles. The molecule has 0 fully saturated rings. The highest BCUT2D eigenvalue weighted by Crippen LogP contribution is 2.45. The zero-order valence-corrected chi connectivity index (χ0v) is 22.1. The molecule has 0 atom stereocenters. The van der Waals surface area contributed by atoms with Crippen LogP contribution in [0.15, 0.2) is 122 Å². The number of rotatable bonds is 13. The largest absolute Gasteiger partial charge is 0.489 e. The third-order valence-electron chi connectivity index (χ3n) is 5.97. The molecule has 6 heteroatoms. The Kier molecular flexibility index (Phi) is 9.89. The summed E-state index contributed by atoms with van der Waals surface area (Å²) < 4.78 is 22.9. The van der Waals surface area contributed by atoms with Crippen LogP contribution in [-0.2, 0) is 19.1 Å². The van der Waals surface area contributed by atoms with Crippen LogP contribution in [0.5, 0.6) is 11.5 Å². The van der Waals surface area contributed by atoms with Crippen LogP contribution in [0.3, 0.4) is 0 Å². The van der Waals surface area contributed by atoms with Crippen molar-refractivity contribution >= 4 is 11.9 Å². The van der Waals surface area contributed by atoms with Crippen LogP contribution in [0.1, 0.15) is 0 Å². The Morgan fingerprint density at radius 3 is 1.25 bits per heavy atom. The van der Waals surface area contributed by atoms with Gasteiger partial charge in [0.1, 0.15) is 37.9 Å². The van der Waals surface area contributed by atoms with Crippen LogP contribution in [0.4, 0.5) is 0 Å². The molecular formula is C34H30O6. The third kappa shape index (κ3) is 7.05. The average Bonchev–Trinajstić information content (AvgIpc) is 3.01. The molecule has 0 bridgehead atoms. The first-order valence-electron chi connectivity index (χ1n) is 12.8. The zero-order chi connectivity index (χ0) is 28.2. The van der Waals surface area contributed by atoms with E-state index in [1.807, 2.05) is 97.1 Å². The van der Waals surface area contributed by atoms with Gasteiger partial charge in [-0.25, -0.2) is 9.59 Å². The lowest BCUT2D eigenvalue weighted by Gasteiger charge is -2.20. The minimum Gasteiger partial charge on any atom is -0.489 e. The summed E-state index contributed by atoms with van der Waals surface area (Å²) in [5, 5.41) is 0. The quantitative estimate of drug-likeness (QED) is 0.106. The van der Waals surface area contributed by atoms with E-state index >= 15 is 0 Å². The highest BCUT2D eigenvalue weighted by molar-refractivity contribution is 5.89. The number of benzene rings is 4. The third-order valence-corrected chi connectivity index (χ3v) is 5.97. The standard InChI is InChI=1S/C34H30O6/c1-3-31(35)37-21-23-39-33-27(25-13-7-5-8-14-25)17-11-19-29(33)30-20-12-18-28(26-15-9-6-10-16-26)34(30)40-24-22-38-32(36)4-2/h3-20H,1-2,21-24H2. The molecule has 0 aliphatic carbocycles. The van der Waals surface area contributed by atoms with Gasteiger partial charge in [0.05, 0.1) is 0 Å². The fraction of sp³-hybridized carbons (Fsp3) is 0.118. The molecule has 6 nitrogen and oxygen atoms in total. The molecule has 4 aromatic carbocycles. The van der Waals surface area contributed by atoms with Gasteiger partial charge < -0.3 is 18.9 Å². The summed E-state index contributed by atoms with van der Waals surface area (Å²) in [4.78, 5) is 23.1. The van der Waals surface area contributed by atoms with Gasteiger partial charge in [0.25, 0.3) is 0 Å². The van der Waals surface area contributed by atoms with Crippen molar-refractivity contribution in [1.82, 2.24) is 0 Å². The minimum atomic E-state index is -0.511. The van der Waals surface area contributed by atoms with Crippen LogP contribution in [0.25, 0.3) is 33.4 Å². The van der Waals surface area contributed by atoms with Crippen molar-refractivity contribution in [2.75, 3.05) is 26.4 Å². The van der Waals surface area contributed by atoms with Gasteiger partial charge in [0, 0.05) is 34.4 Å². The second kappa shape index (κ2) is 14.2. The van der Waals surface area contributed by atoms with Gasteiger partial charge in [-0.05, 0) is 11.1 Å². The maximum absolute atomic E-state index is 11.6. The molecule has 4 aromatic rings. The van der Waals surface area contributed by atoms with Crippen LogP contribution in [-0.4, -0.2) is 38.4 Å². The SMILES string of the molecule is C=CC(=O)OCCOc1c(-c2ccccc2)cccc1-c1cccc(-c2ccccc2)c1OCCOC(=O)C=C. The lowest BCUT2D eigenvalue weighted by Crippen LogP contribution is -2.12. The molecule has 0 aromatic heterocycles. The summed E-state index contributed by atoms with van der Waals surface area (Å²) in [5.41, 5.74) is 5.30. The van der Waals surface area contributed by atoms with Crippen molar-refractivity contribution in [3.05, 3.63) is 122 Å². The molecular weight excluding hydrogens is 504 g/mol. The minimum absolute atomic E-state index is 0.0650. The summed E-state index contributed by atoms with van der Waals surface area (Å²) in [5.74, 6) is 0.222. The highest BCUT2D eigenvalue weighted by Gasteiger charge is 2.20. The lowest BCUT2D eigenvalue weighted by molar-refractivity contribution is -0.139. The molecule has 0 N–H and O–H groups in total. The van der Waals surface area contributed by atoms with E-state index in [9.17, 15) is 9.59 Å². The Hall–Kier alpha value is -5.10. The first-order valence-corrected chi connectivity index (χ1v) is 12.8. The first-order chi connectivity index (χ1) is 19.6. The van der Waals surface area contributed by atoms with Crippen LogP contribution in [0, 0.1) is 0 Å². The number of hydrogen-bond acceptors (Lipinski definition) is 6. The van der Waals surface area contributed by atoms with Crippen molar-refractivity contribution in [3.63, 3.8) is 0 Å². The Morgan fingerprint density at radius 2 is 0.875 bits per heavy atom. The topological polar surface area (TPSA) is 71.1 Å². The van der Waals surface area contributed by atoms with Gasteiger partial charge in [-0.3, -0.25) is 0 Å². The van der Waals surface area contributed by atoms with Crippen LogP contribution < -0.4 is 9.47 Å². The normalized spacial score (nSPS) is 10.3. The maximum Gasteiger partial charge on any atom is 0.330 e. The zero-order valence-electron chi connectivity index (χ0n) is 22.1. The van der Waals surface area contributed by atoms with Crippen molar-refractivity contribution in [2.24, 2.45) is 0 Å². The number of carbonyl (C=O) groups excluding carboxylic acids is 2. The highest BCUT2D eigenvalue weighted by atomic mass is 16.6. The van der Waals surface area contributed by atoms with Crippen molar-refractivity contribution in [2.45, 2.75) is 0 Å². The van der Waals surface area contributed by atoms with Crippen molar-refractivity contribution < 1.29 is 28.5 Å². The van der Waals surface area contributed by atoms with E-state index < -0.39 is 11.9 Å². The summed E-state index contributed by atoms with van der Waals surface area (Å²) in [6.07, 6.45) is 2.24. The van der Waals surface area contributed by atoms with Gasteiger partial charge in [-0.1, -0.05) is 110 Å². The van der Waals surface area contributed by atoms with Gasteiger partial charge in [0.15, 0.2) is 0 Å². The van der Waals surface area contributed by atoms with E-state index in [1.54, 1.807) is 0 Å². The monoisotopic (exact) mass is 534 g/mol. The molecule has 202 valence electrons. The Morgan fingerprint density at radius 1 is 0.500 bits per heavy atom. The van der Waals surface area contributed by atoms with Gasteiger partial charge in [-0.15, -0.1) is 0 Å². The molecule has 40 heavy (non-hydrogen) atoms. The molecule has 0 radical (unpaired) electrons. The molecule has 0 spiro atoms. The van der Waals surface area contributed by atoms with Gasteiger partial charge in [-0.2, -0.15) is 0 Å². The Bertz CT molecular complexity index is 1350. The fourth-order valence-corrected chi connectivity index (χ4v) is 4.19. The molecule has 0 heterocycles. The van der Waals surface area contributed by atoms with E-state index in [1.165, 1.54) is 0 Å². The van der Waals surface area contributed by atoms with Crippen LogP contribution >= 0.6 is 0 Å². The van der Waals surface area contributed by atoms with Crippen LogP contribution in [0.2, 0.25) is 0 Å². The molecule has 0 saturated heterocycles. The molecule has 0 aliphatic rings. The van der Waals surface area contributed by atoms with Gasteiger partial charge >= 0.3 is 11.9 Å². The summed E-state index contributed by atoms with van der Waals surface area (Å²) in [6, 6.07) is 31.6. The van der Waals surface area contributed by atoms with Crippen molar-refractivity contribution in [1.29, 1.82) is 0 Å². The Balaban J connectivity index is 1.79. The number of para-hydroxylation sites is 2.